The summed E-state index contributed by atoms with van der Waals surface area (Å²) < 4.78 is 27.9. The Kier molecular flexibility index (Phi) is 8.26. The van der Waals surface area contributed by atoms with E-state index >= 15 is 4.39 Å². The predicted molar refractivity (Wildman–Crippen MR) is 156 cm³/mol. The molecule has 3 aromatic heterocycles. The number of nitrogens with one attached hydrogen (secondary N) is 2. The molecule has 1 amide bonds. The molecule has 2 N–H and O–H groups in total. The minimum atomic E-state index is -0.435. The fourth-order valence-corrected chi connectivity index (χ4v) is 4.72. The topological polar surface area (TPSA) is 116 Å². The zero-order valence-corrected chi connectivity index (χ0v) is 22.7. The Balaban J connectivity index is 1.10. The first-order valence-corrected chi connectivity index (χ1v) is 13.7. The quantitative estimate of drug-likeness (QED) is 0.199. The maximum atomic E-state index is 15.1. The molecule has 1 aliphatic rings. The molecule has 1 saturated heterocycles. The van der Waals surface area contributed by atoms with E-state index in [0.29, 0.717) is 58.8 Å². The molecule has 0 saturated carbocycles. The molecule has 2 aromatic carbocycles. The van der Waals surface area contributed by atoms with E-state index in [2.05, 4.69) is 42.5 Å². The van der Waals surface area contributed by atoms with Crippen LogP contribution < -0.4 is 10.6 Å². The Hall–Kier alpha value is -4.92. The zero-order valence-electron chi connectivity index (χ0n) is 22.7. The highest BCUT2D eigenvalue weighted by molar-refractivity contribution is 6.05. The third kappa shape index (κ3) is 6.68. The van der Waals surface area contributed by atoms with Crippen LogP contribution in [0.4, 0.5) is 21.6 Å². The van der Waals surface area contributed by atoms with Crippen molar-refractivity contribution in [2.24, 2.45) is 0 Å². The number of hydrogen-bond donors (Lipinski definition) is 2. The number of halogens is 1. The van der Waals surface area contributed by atoms with Crippen LogP contribution in [-0.2, 0) is 20.7 Å². The highest BCUT2D eigenvalue weighted by Gasteiger charge is 2.13. The number of fused-ring (bicyclic) bond motifs is 2. The number of rotatable bonds is 8. The molecule has 4 heterocycles. The van der Waals surface area contributed by atoms with Crippen molar-refractivity contribution in [3.8, 4) is 11.8 Å². The number of ether oxygens (including phenoxy) is 2. The fraction of sp³-hybridized carbons (Fsp3) is 0.258. The van der Waals surface area contributed by atoms with Gasteiger partial charge in [0, 0.05) is 42.4 Å². The van der Waals surface area contributed by atoms with Crippen LogP contribution in [0.15, 0.2) is 67.4 Å². The average Bonchev–Trinajstić information content (AvgIpc) is 3.47. The smallest absolute Gasteiger partial charge is 0.300 e. The van der Waals surface area contributed by atoms with E-state index in [1.54, 1.807) is 41.0 Å². The molecule has 1 fully saturated rings. The van der Waals surface area contributed by atoms with E-state index in [1.165, 1.54) is 18.7 Å². The van der Waals surface area contributed by atoms with Crippen molar-refractivity contribution in [1.29, 1.82) is 0 Å². The molecule has 1 atom stereocenters. The molecular weight excluding hydrogens is 537 g/mol. The van der Waals surface area contributed by atoms with Crippen LogP contribution in [0.1, 0.15) is 36.8 Å². The Morgan fingerprint density at radius 2 is 2.00 bits per heavy atom. The highest BCUT2D eigenvalue weighted by Crippen LogP contribution is 2.27. The van der Waals surface area contributed by atoms with E-state index in [-0.39, 0.29) is 12.1 Å². The third-order valence-electron chi connectivity index (χ3n) is 6.82. The van der Waals surface area contributed by atoms with Crippen molar-refractivity contribution in [3.63, 3.8) is 0 Å². The first kappa shape index (κ1) is 27.3. The number of pyridine rings is 1. The van der Waals surface area contributed by atoms with Crippen molar-refractivity contribution in [2.45, 2.75) is 38.4 Å². The van der Waals surface area contributed by atoms with Gasteiger partial charge in [0.15, 0.2) is 11.9 Å². The molecule has 0 aliphatic carbocycles. The minimum Gasteiger partial charge on any atom is -0.353 e. The van der Waals surface area contributed by atoms with Gasteiger partial charge in [0.2, 0.25) is 0 Å². The predicted octanol–water partition coefficient (Wildman–Crippen LogP) is 5.02. The lowest BCUT2D eigenvalue weighted by Gasteiger charge is -2.22. The number of amides is 1. The summed E-state index contributed by atoms with van der Waals surface area (Å²) in [7, 11) is 0. The molecule has 10 nitrogen and oxygen atoms in total. The lowest BCUT2D eigenvalue weighted by atomic mass is 10.0. The minimum absolute atomic E-state index is 0.173. The Morgan fingerprint density at radius 1 is 1.07 bits per heavy atom. The van der Waals surface area contributed by atoms with E-state index < -0.39 is 5.91 Å². The van der Waals surface area contributed by atoms with E-state index in [9.17, 15) is 4.79 Å². The molecule has 5 aromatic rings. The molecule has 0 radical (unpaired) electrons. The second-order valence-corrected chi connectivity index (χ2v) is 9.83. The van der Waals surface area contributed by atoms with Gasteiger partial charge in [-0.25, -0.2) is 23.9 Å². The van der Waals surface area contributed by atoms with E-state index in [4.69, 9.17) is 9.47 Å². The van der Waals surface area contributed by atoms with Crippen LogP contribution in [0.5, 0.6) is 0 Å². The van der Waals surface area contributed by atoms with Crippen LogP contribution in [0.2, 0.25) is 0 Å². The maximum Gasteiger partial charge on any atom is 0.300 e. The molecule has 6 rings (SSSR count). The SMILES string of the molecule is O=C(C#CCCOC1CCCCO1)Nc1ccc2ncnc(Nc3ccc(Cc4ccn5ncnc5c4)c(F)c3)c2c1. The Labute approximate surface area is 241 Å². The number of hydrogen-bond acceptors (Lipinski definition) is 8. The van der Waals surface area contributed by atoms with Crippen LogP contribution in [0.3, 0.4) is 0 Å². The summed E-state index contributed by atoms with van der Waals surface area (Å²) >= 11 is 0. The summed E-state index contributed by atoms with van der Waals surface area (Å²) in [6.07, 6.45) is 8.44. The van der Waals surface area contributed by atoms with Gasteiger partial charge in [-0.2, -0.15) is 5.10 Å². The van der Waals surface area contributed by atoms with Gasteiger partial charge in [-0.1, -0.05) is 12.0 Å². The van der Waals surface area contributed by atoms with Crippen LogP contribution in [-0.4, -0.2) is 50.0 Å². The second-order valence-electron chi connectivity index (χ2n) is 9.83. The van der Waals surface area contributed by atoms with Gasteiger partial charge in [0.25, 0.3) is 5.91 Å². The van der Waals surface area contributed by atoms with Crippen molar-refractivity contribution in [1.82, 2.24) is 24.6 Å². The largest absolute Gasteiger partial charge is 0.353 e. The summed E-state index contributed by atoms with van der Waals surface area (Å²) in [5.41, 5.74) is 3.93. The van der Waals surface area contributed by atoms with Gasteiger partial charge < -0.3 is 20.1 Å². The van der Waals surface area contributed by atoms with Crippen LogP contribution in [0.25, 0.3) is 16.6 Å². The fourth-order valence-electron chi connectivity index (χ4n) is 4.72. The Morgan fingerprint density at radius 3 is 2.88 bits per heavy atom. The molecule has 1 aliphatic heterocycles. The van der Waals surface area contributed by atoms with Crippen molar-refractivity contribution < 1.29 is 18.7 Å². The molecule has 0 spiro atoms. The number of carbonyl (C=O) groups is 1. The first-order chi connectivity index (χ1) is 20.6. The zero-order chi connectivity index (χ0) is 28.7. The van der Waals surface area contributed by atoms with Gasteiger partial charge in [0.05, 0.1) is 12.1 Å². The third-order valence-corrected chi connectivity index (χ3v) is 6.82. The maximum absolute atomic E-state index is 15.1. The normalized spacial score (nSPS) is 14.8. The molecule has 42 heavy (non-hydrogen) atoms. The number of carbonyl (C=O) groups excluding carboxylic acids is 1. The summed E-state index contributed by atoms with van der Waals surface area (Å²) in [5.74, 6) is 5.13. The summed E-state index contributed by atoms with van der Waals surface area (Å²) in [5, 5.41) is 10.7. The van der Waals surface area contributed by atoms with Crippen molar-refractivity contribution in [2.75, 3.05) is 23.8 Å². The van der Waals surface area contributed by atoms with Gasteiger partial charge in [-0.05, 0) is 78.8 Å². The van der Waals surface area contributed by atoms with E-state index in [0.717, 1.165) is 31.4 Å². The summed E-state index contributed by atoms with van der Waals surface area (Å²) in [6.45, 7) is 1.13. The Bertz CT molecular complexity index is 1790. The second kappa shape index (κ2) is 12.7. The lowest BCUT2D eigenvalue weighted by molar-refractivity contribution is -0.161. The van der Waals surface area contributed by atoms with Crippen LogP contribution >= 0.6 is 0 Å². The van der Waals surface area contributed by atoms with Gasteiger partial charge in [-0.15, -0.1) is 0 Å². The number of benzene rings is 2. The molecule has 11 heteroatoms. The van der Waals surface area contributed by atoms with Gasteiger partial charge >= 0.3 is 0 Å². The molecule has 212 valence electrons. The van der Waals surface area contributed by atoms with E-state index in [1.807, 2.05) is 12.1 Å². The van der Waals surface area contributed by atoms with Gasteiger partial charge in [0.1, 0.15) is 24.3 Å². The summed E-state index contributed by atoms with van der Waals surface area (Å²) in [6, 6.07) is 14.0. The number of aromatic nitrogens is 5. The molecule has 1 unspecified atom stereocenters. The number of anilines is 3. The lowest BCUT2D eigenvalue weighted by Crippen LogP contribution is -2.22. The first-order valence-electron chi connectivity index (χ1n) is 13.7. The standard InChI is InChI=1S/C31H28FN7O3/c32-26-18-24(8-7-22(26)15-21-11-12-39-28(16-21)34-20-36-39)38-31-25-17-23(9-10-27(25)33-19-35-31)37-29(40)5-1-3-13-41-30-6-2-4-14-42-30/h7-12,16-20,30H,2-4,6,13-15H2,(H,37,40)(H,33,35,38). The highest BCUT2D eigenvalue weighted by atomic mass is 19.1. The number of nitrogens with zero attached hydrogens (tertiary/aromatic N) is 5. The summed E-state index contributed by atoms with van der Waals surface area (Å²) in [4.78, 5) is 25.2. The van der Waals surface area contributed by atoms with Crippen molar-refractivity contribution in [3.05, 3.63) is 84.3 Å². The molecule has 0 bridgehead atoms. The average molecular weight is 566 g/mol. The monoisotopic (exact) mass is 565 g/mol. The van der Waals surface area contributed by atoms with Gasteiger partial charge in [-0.3, -0.25) is 4.79 Å². The van der Waals surface area contributed by atoms with Crippen molar-refractivity contribution >= 4 is 39.6 Å². The van der Waals surface area contributed by atoms with Crippen LogP contribution in [0, 0.1) is 17.7 Å². The molecular formula is C31H28FN7O3.